The number of ether oxygens (including phenoxy) is 1. The zero-order valence-corrected chi connectivity index (χ0v) is 18.0. The van der Waals surface area contributed by atoms with Gasteiger partial charge in [0.25, 0.3) is 5.91 Å². The minimum atomic E-state index is -0.725. The Morgan fingerprint density at radius 3 is 2.71 bits per heavy atom. The summed E-state index contributed by atoms with van der Waals surface area (Å²) < 4.78 is 11.5. The van der Waals surface area contributed by atoms with E-state index in [0.29, 0.717) is 39.4 Å². The molecule has 7 nitrogen and oxygen atoms in total. The summed E-state index contributed by atoms with van der Waals surface area (Å²) in [6.07, 6.45) is 0.701. The number of hydrogen-bond acceptors (Lipinski definition) is 7. The molecular formula is C23H19N3O4S. The Bertz CT molecular complexity index is 1390. The van der Waals surface area contributed by atoms with E-state index in [1.54, 1.807) is 25.3 Å². The van der Waals surface area contributed by atoms with E-state index in [9.17, 15) is 9.59 Å². The Labute approximate surface area is 181 Å². The van der Waals surface area contributed by atoms with Crippen molar-refractivity contribution in [3.8, 4) is 5.75 Å². The second-order valence-electron chi connectivity index (χ2n) is 7.33. The van der Waals surface area contributed by atoms with Crippen LogP contribution in [0.2, 0.25) is 0 Å². The van der Waals surface area contributed by atoms with Gasteiger partial charge in [0.2, 0.25) is 10.9 Å². The van der Waals surface area contributed by atoms with E-state index < -0.39 is 11.9 Å². The predicted octanol–water partition coefficient (Wildman–Crippen LogP) is 4.27. The number of amides is 1. The average molecular weight is 433 g/mol. The molecule has 1 atom stereocenters. The molecule has 2 aromatic carbocycles. The molecule has 1 amide bonds. The molecule has 0 N–H and O–H groups in total. The van der Waals surface area contributed by atoms with Gasteiger partial charge in [-0.1, -0.05) is 48.1 Å². The van der Waals surface area contributed by atoms with Crippen molar-refractivity contribution >= 4 is 33.3 Å². The van der Waals surface area contributed by atoms with Crippen LogP contribution in [0.15, 0.2) is 51.7 Å². The van der Waals surface area contributed by atoms with Gasteiger partial charge in [-0.15, -0.1) is 10.2 Å². The number of benzene rings is 2. The first-order valence-corrected chi connectivity index (χ1v) is 10.7. The smallest absolute Gasteiger partial charge is 0.297 e. The number of nitrogens with zero attached hydrogens (tertiary/aromatic N) is 3. The van der Waals surface area contributed by atoms with Gasteiger partial charge in [0, 0.05) is 5.56 Å². The lowest BCUT2D eigenvalue weighted by atomic mass is 9.97. The number of anilines is 1. The van der Waals surface area contributed by atoms with Crippen LogP contribution in [0, 0.1) is 6.92 Å². The Hall–Kier alpha value is -3.52. The van der Waals surface area contributed by atoms with Gasteiger partial charge in [0.1, 0.15) is 22.4 Å². The molecule has 0 aliphatic carbocycles. The van der Waals surface area contributed by atoms with Crippen LogP contribution < -0.4 is 15.1 Å². The summed E-state index contributed by atoms with van der Waals surface area (Å²) >= 11 is 1.33. The molecule has 0 unspecified atom stereocenters. The highest BCUT2D eigenvalue weighted by atomic mass is 32.1. The van der Waals surface area contributed by atoms with Gasteiger partial charge in [-0.25, -0.2) is 0 Å². The third-order valence-corrected chi connectivity index (χ3v) is 6.49. The summed E-state index contributed by atoms with van der Waals surface area (Å²) in [6, 6.07) is 12.0. The average Bonchev–Trinajstić information content (AvgIpc) is 3.37. The maximum absolute atomic E-state index is 13.6. The topological polar surface area (TPSA) is 85.5 Å². The summed E-state index contributed by atoms with van der Waals surface area (Å²) in [5.74, 6) is 0.192. The van der Waals surface area contributed by atoms with Crippen LogP contribution in [0.1, 0.15) is 45.2 Å². The predicted molar refractivity (Wildman–Crippen MR) is 118 cm³/mol. The van der Waals surface area contributed by atoms with Gasteiger partial charge in [-0.05, 0) is 31.5 Å². The van der Waals surface area contributed by atoms with Crippen LogP contribution >= 0.6 is 11.3 Å². The fraction of sp³-hybridized carbons (Fsp3) is 0.217. The molecule has 2 aromatic heterocycles. The molecule has 0 saturated heterocycles. The van der Waals surface area contributed by atoms with Gasteiger partial charge in [0.15, 0.2) is 5.43 Å². The van der Waals surface area contributed by atoms with Crippen molar-refractivity contribution in [1.82, 2.24) is 10.2 Å². The minimum absolute atomic E-state index is 0.0329. The molecule has 0 saturated carbocycles. The first-order chi connectivity index (χ1) is 15.0. The number of aryl methyl sites for hydroxylation is 2. The third kappa shape index (κ3) is 2.94. The number of carbonyl (C=O) groups is 1. The maximum atomic E-state index is 13.6. The summed E-state index contributed by atoms with van der Waals surface area (Å²) in [5.41, 5.74) is 2.07. The number of carbonyl (C=O) groups excluding carboxylic acids is 1. The second-order valence-corrected chi connectivity index (χ2v) is 8.37. The summed E-state index contributed by atoms with van der Waals surface area (Å²) in [6.45, 7) is 3.89. The van der Waals surface area contributed by atoms with E-state index in [0.717, 1.165) is 10.6 Å². The lowest BCUT2D eigenvalue weighted by molar-refractivity contribution is 0.0970. The van der Waals surface area contributed by atoms with Crippen molar-refractivity contribution in [2.24, 2.45) is 0 Å². The largest absolute Gasteiger partial charge is 0.496 e. The summed E-state index contributed by atoms with van der Waals surface area (Å²) in [4.78, 5) is 28.7. The first kappa shape index (κ1) is 19.4. The number of rotatable bonds is 4. The molecule has 0 spiro atoms. The van der Waals surface area contributed by atoms with Crippen molar-refractivity contribution in [3.63, 3.8) is 0 Å². The fourth-order valence-electron chi connectivity index (χ4n) is 3.96. The molecule has 0 radical (unpaired) electrons. The molecule has 0 fully saturated rings. The Morgan fingerprint density at radius 2 is 1.97 bits per heavy atom. The van der Waals surface area contributed by atoms with Crippen molar-refractivity contribution in [1.29, 1.82) is 0 Å². The quantitative estimate of drug-likeness (QED) is 0.478. The molecular weight excluding hydrogens is 414 g/mol. The van der Waals surface area contributed by atoms with Crippen molar-refractivity contribution in [3.05, 3.63) is 80.1 Å². The van der Waals surface area contributed by atoms with Gasteiger partial charge in [-0.3, -0.25) is 14.5 Å². The van der Waals surface area contributed by atoms with Crippen LogP contribution in [0.4, 0.5) is 5.13 Å². The highest BCUT2D eigenvalue weighted by Crippen LogP contribution is 2.44. The molecule has 8 heteroatoms. The highest BCUT2D eigenvalue weighted by molar-refractivity contribution is 7.15. The summed E-state index contributed by atoms with van der Waals surface area (Å²) in [5, 5.41) is 10.1. The van der Waals surface area contributed by atoms with Crippen LogP contribution in [0.5, 0.6) is 5.75 Å². The van der Waals surface area contributed by atoms with Crippen molar-refractivity contribution in [2.75, 3.05) is 12.0 Å². The third-order valence-electron chi connectivity index (χ3n) is 5.42. The zero-order chi connectivity index (χ0) is 21.7. The minimum Gasteiger partial charge on any atom is -0.496 e. The van der Waals surface area contributed by atoms with Gasteiger partial charge >= 0.3 is 0 Å². The molecule has 3 heterocycles. The fourth-order valence-corrected chi connectivity index (χ4v) is 4.76. The standard InChI is InChI=1S/C23H19N3O4S/c1-4-17-24-25-23(31-17)26-19(13-7-5-6-8-15(13)29-3)18-20(27)14-11-12(2)9-10-16(14)30-21(18)22(26)28/h5-11,19H,4H2,1-3H3/t19-/m1/s1. The molecule has 0 bridgehead atoms. The zero-order valence-electron chi connectivity index (χ0n) is 17.2. The van der Waals surface area contributed by atoms with Gasteiger partial charge in [0.05, 0.1) is 18.1 Å². The van der Waals surface area contributed by atoms with E-state index in [1.165, 1.54) is 16.2 Å². The molecule has 5 rings (SSSR count). The molecule has 1 aliphatic rings. The van der Waals surface area contributed by atoms with Crippen LogP contribution in [0.25, 0.3) is 11.0 Å². The molecule has 156 valence electrons. The monoisotopic (exact) mass is 433 g/mol. The van der Waals surface area contributed by atoms with Crippen molar-refractivity contribution < 1.29 is 13.9 Å². The van der Waals surface area contributed by atoms with Gasteiger partial charge in [-0.2, -0.15) is 0 Å². The first-order valence-electron chi connectivity index (χ1n) is 9.89. The lowest BCUT2D eigenvalue weighted by Crippen LogP contribution is -2.29. The Kier molecular flexibility index (Phi) is 4.59. The molecule has 31 heavy (non-hydrogen) atoms. The maximum Gasteiger partial charge on any atom is 0.297 e. The van der Waals surface area contributed by atoms with E-state index >= 15 is 0 Å². The highest BCUT2D eigenvalue weighted by Gasteiger charge is 2.46. The van der Waals surface area contributed by atoms with Crippen LogP contribution in [0.3, 0.4) is 0 Å². The Morgan fingerprint density at radius 1 is 1.16 bits per heavy atom. The summed E-state index contributed by atoms with van der Waals surface area (Å²) in [7, 11) is 1.56. The number of aromatic nitrogens is 2. The van der Waals surface area contributed by atoms with Crippen LogP contribution in [-0.4, -0.2) is 23.2 Å². The number of methoxy groups -OCH3 is 1. The van der Waals surface area contributed by atoms with Crippen molar-refractivity contribution in [2.45, 2.75) is 26.3 Å². The number of fused-ring (bicyclic) bond motifs is 2. The van der Waals surface area contributed by atoms with E-state index in [4.69, 9.17) is 9.15 Å². The number of hydrogen-bond donors (Lipinski definition) is 0. The second kappa shape index (κ2) is 7.31. The normalized spacial score (nSPS) is 15.5. The SMILES string of the molecule is CCc1nnc(N2C(=O)c3oc4ccc(C)cc4c(=O)c3[C@H]2c2ccccc2OC)s1. The van der Waals surface area contributed by atoms with Gasteiger partial charge < -0.3 is 9.15 Å². The van der Waals surface area contributed by atoms with Crippen LogP contribution in [-0.2, 0) is 6.42 Å². The Balaban J connectivity index is 1.83. The molecule has 4 aromatic rings. The van der Waals surface area contributed by atoms with E-state index in [1.807, 2.05) is 38.1 Å². The lowest BCUT2D eigenvalue weighted by Gasteiger charge is -2.23. The molecule has 1 aliphatic heterocycles. The van der Waals surface area contributed by atoms with E-state index in [-0.39, 0.29) is 11.2 Å². The number of para-hydroxylation sites is 1. The van der Waals surface area contributed by atoms with E-state index in [2.05, 4.69) is 10.2 Å².